The second-order valence-electron chi connectivity index (χ2n) is 5.60. The first-order valence-corrected chi connectivity index (χ1v) is 7.87. The molecule has 2 aromatic carbocycles. The molecule has 1 N–H and O–H groups in total. The first-order chi connectivity index (χ1) is 11.9. The zero-order valence-electron chi connectivity index (χ0n) is 14.0. The minimum absolute atomic E-state index is 0.265. The number of hydrogen-bond acceptors (Lipinski definition) is 4. The molecule has 0 aliphatic heterocycles. The van der Waals surface area contributed by atoms with Crippen LogP contribution in [0, 0.1) is 15.9 Å². The number of para-hydroxylation sites is 1. The number of carbonyl (C=O) groups is 1. The van der Waals surface area contributed by atoms with Crippen LogP contribution in [0.2, 0.25) is 0 Å². The smallest absolute Gasteiger partial charge is 0.311 e. The normalized spacial score (nSPS) is 11.6. The number of ether oxygens (including phenoxy) is 1. The van der Waals surface area contributed by atoms with Crippen molar-refractivity contribution in [2.45, 2.75) is 26.2 Å². The van der Waals surface area contributed by atoms with E-state index in [1.54, 1.807) is 12.1 Å². The van der Waals surface area contributed by atoms with Crippen LogP contribution in [0.15, 0.2) is 42.5 Å². The summed E-state index contributed by atoms with van der Waals surface area (Å²) in [6.07, 6.45) is 0.916. The number of anilines is 1. The molecule has 0 radical (unpaired) electrons. The Kier molecular flexibility index (Phi) is 6.05. The summed E-state index contributed by atoms with van der Waals surface area (Å²) >= 11 is 0. The monoisotopic (exact) mass is 346 g/mol. The Labute approximate surface area is 144 Å². The van der Waals surface area contributed by atoms with E-state index < -0.39 is 28.9 Å². The summed E-state index contributed by atoms with van der Waals surface area (Å²) in [5.74, 6) is -1.17. The average molecular weight is 346 g/mol. The van der Waals surface area contributed by atoms with Crippen LogP contribution < -0.4 is 10.1 Å². The van der Waals surface area contributed by atoms with Crippen molar-refractivity contribution in [2.75, 3.05) is 11.9 Å². The largest absolute Gasteiger partial charge is 0.477 e. The van der Waals surface area contributed by atoms with Crippen LogP contribution in [0.1, 0.15) is 31.7 Å². The SMILES string of the molecule is CCC(C)c1ccccc1NC(=O)COc1cc(F)ccc1[N+](=O)[O-]. The highest BCUT2D eigenvalue weighted by molar-refractivity contribution is 5.92. The number of rotatable bonds is 7. The van der Waals surface area contributed by atoms with Gasteiger partial charge in [0, 0.05) is 17.8 Å². The number of nitro groups is 1. The summed E-state index contributed by atoms with van der Waals surface area (Å²) in [6.45, 7) is 3.65. The molecule has 25 heavy (non-hydrogen) atoms. The van der Waals surface area contributed by atoms with Gasteiger partial charge in [-0.15, -0.1) is 0 Å². The molecular formula is C18H19FN2O4. The molecule has 1 unspecified atom stereocenters. The maximum atomic E-state index is 13.3. The molecule has 0 spiro atoms. The van der Waals surface area contributed by atoms with Gasteiger partial charge >= 0.3 is 5.69 Å². The van der Waals surface area contributed by atoms with Gasteiger partial charge in [0.05, 0.1) is 4.92 Å². The van der Waals surface area contributed by atoms with E-state index in [0.717, 1.165) is 30.2 Å². The van der Waals surface area contributed by atoms with Gasteiger partial charge in [-0.3, -0.25) is 14.9 Å². The highest BCUT2D eigenvalue weighted by Gasteiger charge is 2.17. The van der Waals surface area contributed by atoms with Gasteiger partial charge in [-0.05, 0) is 30.0 Å². The second kappa shape index (κ2) is 8.23. The number of nitrogens with one attached hydrogen (secondary N) is 1. The van der Waals surface area contributed by atoms with Gasteiger partial charge in [0.1, 0.15) is 5.82 Å². The third kappa shape index (κ3) is 4.76. The van der Waals surface area contributed by atoms with E-state index in [2.05, 4.69) is 19.2 Å². The fourth-order valence-corrected chi connectivity index (χ4v) is 2.34. The fourth-order valence-electron chi connectivity index (χ4n) is 2.34. The number of nitrogens with zero attached hydrogens (tertiary/aromatic N) is 1. The van der Waals surface area contributed by atoms with Crippen molar-refractivity contribution in [3.05, 3.63) is 64.0 Å². The second-order valence-corrected chi connectivity index (χ2v) is 5.60. The number of nitro benzene ring substituents is 1. The quantitative estimate of drug-likeness (QED) is 0.600. The summed E-state index contributed by atoms with van der Waals surface area (Å²) in [6, 6.07) is 10.3. The predicted octanol–water partition coefficient (Wildman–Crippen LogP) is 4.26. The minimum atomic E-state index is -0.690. The number of carbonyl (C=O) groups excluding carboxylic acids is 1. The average Bonchev–Trinajstić information content (AvgIpc) is 2.59. The molecule has 0 aromatic heterocycles. The molecule has 2 rings (SSSR count). The van der Waals surface area contributed by atoms with Crippen LogP contribution in [0.3, 0.4) is 0 Å². The first kappa shape index (κ1) is 18.4. The molecule has 1 atom stereocenters. The van der Waals surface area contributed by atoms with E-state index in [4.69, 9.17) is 4.74 Å². The molecule has 7 heteroatoms. The maximum Gasteiger partial charge on any atom is 0.311 e. The Balaban J connectivity index is 2.08. The van der Waals surface area contributed by atoms with E-state index >= 15 is 0 Å². The Bertz CT molecular complexity index is 779. The Hall–Kier alpha value is -2.96. The summed E-state index contributed by atoms with van der Waals surface area (Å²) in [5, 5.41) is 13.7. The van der Waals surface area contributed by atoms with Crippen LogP contribution in [0.4, 0.5) is 15.8 Å². The van der Waals surface area contributed by atoms with E-state index in [1.807, 2.05) is 12.1 Å². The van der Waals surface area contributed by atoms with E-state index in [0.29, 0.717) is 5.69 Å². The molecule has 0 fully saturated rings. The van der Waals surface area contributed by atoms with Gasteiger partial charge in [0.15, 0.2) is 6.61 Å². The van der Waals surface area contributed by atoms with E-state index in [9.17, 15) is 19.3 Å². The Morgan fingerprint density at radius 3 is 2.72 bits per heavy atom. The molecular weight excluding hydrogens is 327 g/mol. The van der Waals surface area contributed by atoms with Gasteiger partial charge in [0.25, 0.3) is 5.91 Å². The third-order valence-corrected chi connectivity index (χ3v) is 3.86. The summed E-state index contributed by atoms with van der Waals surface area (Å²) in [5.41, 5.74) is 1.27. The molecule has 1 amide bonds. The molecule has 0 aliphatic rings. The van der Waals surface area contributed by atoms with Gasteiger partial charge < -0.3 is 10.1 Å². The molecule has 2 aromatic rings. The van der Waals surface area contributed by atoms with Crippen LogP contribution >= 0.6 is 0 Å². The lowest BCUT2D eigenvalue weighted by atomic mass is 9.97. The predicted molar refractivity (Wildman–Crippen MR) is 92.3 cm³/mol. The molecule has 0 heterocycles. The standard InChI is InChI=1S/C18H19FN2O4/c1-3-12(2)14-6-4-5-7-15(14)20-18(22)11-25-17-10-13(19)8-9-16(17)21(23)24/h4-10,12H,3,11H2,1-2H3,(H,20,22). The van der Waals surface area contributed by atoms with E-state index in [-0.39, 0.29) is 11.7 Å². The topological polar surface area (TPSA) is 81.5 Å². The zero-order valence-corrected chi connectivity index (χ0v) is 14.0. The van der Waals surface area contributed by atoms with Crippen LogP contribution in [-0.4, -0.2) is 17.4 Å². The highest BCUT2D eigenvalue weighted by atomic mass is 19.1. The van der Waals surface area contributed by atoms with Gasteiger partial charge in [0.2, 0.25) is 5.75 Å². The van der Waals surface area contributed by atoms with Gasteiger partial charge in [-0.2, -0.15) is 0 Å². The first-order valence-electron chi connectivity index (χ1n) is 7.87. The minimum Gasteiger partial charge on any atom is -0.477 e. The molecule has 0 bridgehead atoms. The van der Waals surface area contributed by atoms with Crippen molar-refractivity contribution in [3.63, 3.8) is 0 Å². The Morgan fingerprint density at radius 1 is 1.32 bits per heavy atom. The summed E-state index contributed by atoms with van der Waals surface area (Å²) < 4.78 is 18.4. The molecule has 0 saturated carbocycles. The lowest BCUT2D eigenvalue weighted by molar-refractivity contribution is -0.385. The number of halogens is 1. The molecule has 6 nitrogen and oxygen atoms in total. The number of amides is 1. The lowest BCUT2D eigenvalue weighted by Crippen LogP contribution is -2.21. The highest BCUT2D eigenvalue weighted by Crippen LogP contribution is 2.28. The van der Waals surface area contributed by atoms with Crippen molar-refractivity contribution < 1.29 is 18.8 Å². The molecule has 0 saturated heterocycles. The number of benzene rings is 2. The van der Waals surface area contributed by atoms with Crippen molar-refractivity contribution in [1.82, 2.24) is 0 Å². The van der Waals surface area contributed by atoms with Crippen molar-refractivity contribution in [3.8, 4) is 5.75 Å². The van der Waals surface area contributed by atoms with E-state index in [1.165, 1.54) is 0 Å². The van der Waals surface area contributed by atoms with Crippen LogP contribution in [0.5, 0.6) is 5.75 Å². The third-order valence-electron chi connectivity index (χ3n) is 3.86. The fraction of sp³-hybridized carbons (Fsp3) is 0.278. The van der Waals surface area contributed by atoms with Crippen molar-refractivity contribution in [2.24, 2.45) is 0 Å². The van der Waals surface area contributed by atoms with Crippen LogP contribution in [0.25, 0.3) is 0 Å². The Morgan fingerprint density at radius 2 is 2.04 bits per heavy atom. The number of hydrogen-bond donors (Lipinski definition) is 1. The zero-order chi connectivity index (χ0) is 18.4. The lowest BCUT2D eigenvalue weighted by Gasteiger charge is -2.15. The summed E-state index contributed by atoms with van der Waals surface area (Å²) in [7, 11) is 0. The molecule has 0 aliphatic carbocycles. The van der Waals surface area contributed by atoms with Crippen molar-refractivity contribution >= 4 is 17.3 Å². The maximum absolute atomic E-state index is 13.3. The van der Waals surface area contributed by atoms with Crippen LogP contribution in [-0.2, 0) is 4.79 Å². The van der Waals surface area contributed by atoms with Gasteiger partial charge in [-0.1, -0.05) is 32.0 Å². The summed E-state index contributed by atoms with van der Waals surface area (Å²) in [4.78, 5) is 22.3. The van der Waals surface area contributed by atoms with Gasteiger partial charge in [-0.25, -0.2) is 4.39 Å². The molecule has 132 valence electrons. The van der Waals surface area contributed by atoms with Crippen molar-refractivity contribution in [1.29, 1.82) is 0 Å².